The minimum atomic E-state index is -3.02. The standard InChI is InChI=1S/C8H19NO3S/c1-8(2,9)7-13(10,11)6-4-5-12-3/h4-7,9H2,1-3H3. The van der Waals surface area contributed by atoms with E-state index in [0.29, 0.717) is 13.0 Å². The summed E-state index contributed by atoms with van der Waals surface area (Å²) in [7, 11) is -1.46. The van der Waals surface area contributed by atoms with Crippen LogP contribution in [0.25, 0.3) is 0 Å². The highest BCUT2D eigenvalue weighted by Crippen LogP contribution is 2.04. The van der Waals surface area contributed by atoms with Gasteiger partial charge < -0.3 is 10.5 Å². The number of methoxy groups -OCH3 is 1. The summed E-state index contributed by atoms with van der Waals surface area (Å²) in [6.07, 6.45) is 0.537. The minimum Gasteiger partial charge on any atom is -0.385 e. The first-order valence-corrected chi connectivity index (χ1v) is 6.07. The molecule has 0 fully saturated rings. The Bertz CT molecular complexity index is 228. The average molecular weight is 209 g/mol. The van der Waals surface area contributed by atoms with E-state index in [1.807, 2.05) is 0 Å². The van der Waals surface area contributed by atoms with Crippen LogP contribution in [0.4, 0.5) is 0 Å². The quantitative estimate of drug-likeness (QED) is 0.633. The van der Waals surface area contributed by atoms with Crippen LogP contribution in [-0.4, -0.2) is 39.2 Å². The lowest BCUT2D eigenvalue weighted by atomic mass is 10.1. The Morgan fingerprint density at radius 2 is 1.92 bits per heavy atom. The summed E-state index contributed by atoms with van der Waals surface area (Å²) < 4.78 is 27.5. The van der Waals surface area contributed by atoms with Gasteiger partial charge in [-0.25, -0.2) is 8.42 Å². The third-order valence-electron chi connectivity index (χ3n) is 1.40. The highest BCUT2D eigenvalue weighted by molar-refractivity contribution is 7.91. The molecule has 4 nitrogen and oxygen atoms in total. The van der Waals surface area contributed by atoms with Gasteiger partial charge in [-0.3, -0.25) is 0 Å². The molecule has 13 heavy (non-hydrogen) atoms. The summed E-state index contributed by atoms with van der Waals surface area (Å²) in [5.74, 6) is 0.186. The van der Waals surface area contributed by atoms with Crippen molar-refractivity contribution in [3.63, 3.8) is 0 Å². The van der Waals surface area contributed by atoms with Crippen molar-refractivity contribution in [3.05, 3.63) is 0 Å². The zero-order chi connectivity index (χ0) is 10.5. The van der Waals surface area contributed by atoms with Crippen molar-refractivity contribution in [2.75, 3.05) is 25.2 Å². The summed E-state index contributed by atoms with van der Waals surface area (Å²) >= 11 is 0. The summed E-state index contributed by atoms with van der Waals surface area (Å²) in [5, 5.41) is 0. The smallest absolute Gasteiger partial charge is 0.152 e. The largest absolute Gasteiger partial charge is 0.385 e. The van der Waals surface area contributed by atoms with E-state index in [0.717, 1.165) is 0 Å². The van der Waals surface area contributed by atoms with Gasteiger partial charge >= 0.3 is 0 Å². The second-order valence-corrected chi connectivity index (χ2v) is 6.11. The molecule has 0 aliphatic rings. The van der Waals surface area contributed by atoms with Gasteiger partial charge in [-0.05, 0) is 20.3 Å². The average Bonchev–Trinajstić information content (AvgIpc) is 1.81. The van der Waals surface area contributed by atoms with Crippen LogP contribution in [0, 0.1) is 0 Å². The van der Waals surface area contributed by atoms with E-state index in [1.165, 1.54) is 0 Å². The van der Waals surface area contributed by atoms with Gasteiger partial charge in [0.1, 0.15) is 0 Å². The molecular weight excluding hydrogens is 190 g/mol. The van der Waals surface area contributed by atoms with Gasteiger partial charge in [0.15, 0.2) is 9.84 Å². The number of ether oxygens (including phenoxy) is 1. The highest BCUT2D eigenvalue weighted by atomic mass is 32.2. The molecule has 0 aromatic rings. The summed E-state index contributed by atoms with van der Waals surface area (Å²) in [5.41, 5.74) is 4.97. The van der Waals surface area contributed by atoms with Crippen LogP contribution in [0.5, 0.6) is 0 Å². The van der Waals surface area contributed by atoms with Crippen LogP contribution in [-0.2, 0) is 14.6 Å². The number of hydrogen-bond acceptors (Lipinski definition) is 4. The van der Waals surface area contributed by atoms with E-state index in [1.54, 1.807) is 21.0 Å². The number of rotatable bonds is 6. The lowest BCUT2D eigenvalue weighted by Crippen LogP contribution is -2.40. The molecule has 0 atom stereocenters. The lowest BCUT2D eigenvalue weighted by molar-refractivity contribution is 0.199. The molecule has 0 saturated heterocycles. The Hall–Kier alpha value is -0.130. The molecule has 0 radical (unpaired) electrons. The molecular formula is C8H19NO3S. The summed E-state index contributed by atoms with van der Waals surface area (Å²) in [6.45, 7) is 3.89. The van der Waals surface area contributed by atoms with Crippen LogP contribution in [0.3, 0.4) is 0 Å². The Morgan fingerprint density at radius 3 is 2.31 bits per heavy atom. The van der Waals surface area contributed by atoms with Crippen LogP contribution < -0.4 is 5.73 Å². The second-order valence-electron chi connectivity index (χ2n) is 3.93. The van der Waals surface area contributed by atoms with Gasteiger partial charge in [0, 0.05) is 19.3 Å². The van der Waals surface area contributed by atoms with Gasteiger partial charge in [-0.2, -0.15) is 0 Å². The zero-order valence-corrected chi connectivity index (χ0v) is 9.36. The Morgan fingerprint density at radius 1 is 1.38 bits per heavy atom. The molecule has 0 aliphatic heterocycles. The van der Waals surface area contributed by atoms with Crippen LogP contribution in [0.15, 0.2) is 0 Å². The summed E-state index contributed by atoms with van der Waals surface area (Å²) in [6, 6.07) is 0. The second kappa shape index (κ2) is 4.93. The molecule has 0 heterocycles. The number of hydrogen-bond donors (Lipinski definition) is 1. The molecule has 0 unspecified atom stereocenters. The molecule has 0 saturated carbocycles. The molecule has 5 heteroatoms. The zero-order valence-electron chi connectivity index (χ0n) is 8.54. The molecule has 0 amide bonds. The maximum Gasteiger partial charge on any atom is 0.152 e. The first-order chi connectivity index (χ1) is 5.77. The molecule has 0 aromatic heterocycles. The number of nitrogens with two attached hydrogens (primary N) is 1. The van der Waals surface area contributed by atoms with Gasteiger partial charge in [-0.15, -0.1) is 0 Å². The molecule has 0 rings (SSSR count). The Kier molecular flexibility index (Phi) is 4.88. The van der Waals surface area contributed by atoms with Crippen molar-refractivity contribution >= 4 is 9.84 Å². The maximum atomic E-state index is 11.4. The fourth-order valence-corrected chi connectivity index (χ4v) is 2.90. The van der Waals surface area contributed by atoms with E-state index < -0.39 is 15.4 Å². The van der Waals surface area contributed by atoms with E-state index in [2.05, 4.69) is 0 Å². The minimum absolute atomic E-state index is 0.0315. The van der Waals surface area contributed by atoms with E-state index in [9.17, 15) is 8.42 Å². The van der Waals surface area contributed by atoms with Gasteiger partial charge in [0.25, 0.3) is 0 Å². The van der Waals surface area contributed by atoms with Crippen molar-refractivity contribution in [1.82, 2.24) is 0 Å². The topological polar surface area (TPSA) is 69.4 Å². The molecule has 0 aromatic carbocycles. The van der Waals surface area contributed by atoms with Crippen molar-refractivity contribution in [2.24, 2.45) is 5.73 Å². The van der Waals surface area contributed by atoms with E-state index in [-0.39, 0.29) is 11.5 Å². The predicted octanol–water partition coefficient (Wildman–Crippen LogP) is 0.175. The third kappa shape index (κ3) is 8.21. The van der Waals surface area contributed by atoms with Crippen LogP contribution in [0.2, 0.25) is 0 Å². The van der Waals surface area contributed by atoms with E-state index >= 15 is 0 Å². The first-order valence-electron chi connectivity index (χ1n) is 4.25. The van der Waals surface area contributed by atoms with Crippen molar-refractivity contribution in [1.29, 1.82) is 0 Å². The lowest BCUT2D eigenvalue weighted by Gasteiger charge is -2.17. The van der Waals surface area contributed by atoms with Crippen LogP contribution >= 0.6 is 0 Å². The van der Waals surface area contributed by atoms with Gasteiger partial charge in [-0.1, -0.05) is 0 Å². The molecule has 2 N–H and O–H groups in total. The predicted molar refractivity (Wildman–Crippen MR) is 53.4 cm³/mol. The van der Waals surface area contributed by atoms with Crippen molar-refractivity contribution < 1.29 is 13.2 Å². The van der Waals surface area contributed by atoms with Gasteiger partial charge in [0.2, 0.25) is 0 Å². The number of sulfone groups is 1. The molecule has 0 spiro atoms. The monoisotopic (exact) mass is 209 g/mol. The molecule has 80 valence electrons. The van der Waals surface area contributed by atoms with Crippen molar-refractivity contribution in [2.45, 2.75) is 25.8 Å². The van der Waals surface area contributed by atoms with Gasteiger partial charge in [0.05, 0.1) is 11.5 Å². The molecule has 0 bridgehead atoms. The van der Waals surface area contributed by atoms with Crippen molar-refractivity contribution in [3.8, 4) is 0 Å². The fourth-order valence-electron chi connectivity index (χ4n) is 1.06. The Balaban J connectivity index is 3.96. The SMILES string of the molecule is COCCCS(=O)(=O)CC(C)(C)N. The third-order valence-corrected chi connectivity index (χ3v) is 3.49. The Labute approximate surface area is 80.4 Å². The van der Waals surface area contributed by atoms with E-state index in [4.69, 9.17) is 10.5 Å². The molecule has 0 aliphatic carbocycles. The first kappa shape index (κ1) is 12.9. The highest BCUT2D eigenvalue weighted by Gasteiger charge is 2.21. The fraction of sp³-hybridized carbons (Fsp3) is 1.00. The maximum absolute atomic E-state index is 11.4. The normalized spacial score (nSPS) is 13.2. The summed E-state index contributed by atoms with van der Waals surface area (Å²) in [4.78, 5) is 0. The van der Waals surface area contributed by atoms with Crippen LogP contribution in [0.1, 0.15) is 20.3 Å².